The average Bonchev–Trinajstić information content (AvgIpc) is 2.83. The highest BCUT2D eigenvalue weighted by Crippen LogP contribution is 2.31. The maximum absolute atomic E-state index is 13.3. The largest absolute Gasteiger partial charge is 0.494 e. The van der Waals surface area contributed by atoms with Gasteiger partial charge in [-0.3, -0.25) is 0 Å². The smallest absolute Gasteiger partial charge is 0.338 e. The lowest BCUT2D eigenvalue weighted by molar-refractivity contribution is -0.136. The first-order valence-corrected chi connectivity index (χ1v) is 12.9. The van der Waals surface area contributed by atoms with E-state index in [0.29, 0.717) is 17.9 Å². The van der Waals surface area contributed by atoms with Gasteiger partial charge in [0.25, 0.3) is 0 Å². The van der Waals surface area contributed by atoms with Crippen LogP contribution in [0, 0.1) is 0 Å². The number of carbonyl (C=O) groups is 2. The maximum Gasteiger partial charge on any atom is 0.338 e. The van der Waals surface area contributed by atoms with Crippen molar-refractivity contribution < 1.29 is 27.5 Å². The Morgan fingerprint density at radius 3 is 2.44 bits per heavy atom. The molecule has 2 amide bonds. The van der Waals surface area contributed by atoms with Crippen LogP contribution < -0.4 is 15.4 Å². The molecule has 1 heterocycles. The minimum Gasteiger partial charge on any atom is -0.494 e. The van der Waals surface area contributed by atoms with E-state index in [1.54, 1.807) is 36.4 Å². The molecule has 0 radical (unpaired) electrons. The molecule has 0 saturated carbocycles. The zero-order valence-corrected chi connectivity index (χ0v) is 20.0. The molecule has 1 atom stereocenters. The number of fused-ring (bicyclic) bond motifs is 1. The first-order valence-electron chi connectivity index (χ1n) is 11.3. The number of methoxy groups -OCH3 is 1. The molecule has 0 fully saturated rings. The fourth-order valence-corrected chi connectivity index (χ4v) is 5.80. The second kappa shape index (κ2) is 9.89. The number of hydrogen-bond acceptors (Lipinski definition) is 6. The van der Waals surface area contributed by atoms with Crippen molar-refractivity contribution in [3.05, 3.63) is 70.4 Å². The summed E-state index contributed by atoms with van der Waals surface area (Å²) in [6.45, 7) is 2.37. The SMILES string of the molecule is CCOc1ccc(C2NC(=O)NC(CS(=O)(=O)c3ccc4c(c3)CCCC4)=C2C(=O)OC)cc1. The number of amides is 2. The maximum atomic E-state index is 13.3. The van der Waals surface area contributed by atoms with E-state index in [-0.39, 0.29) is 16.2 Å². The highest BCUT2D eigenvalue weighted by atomic mass is 32.2. The number of benzene rings is 2. The molecule has 34 heavy (non-hydrogen) atoms. The molecule has 0 bridgehead atoms. The number of esters is 1. The molecule has 0 saturated heterocycles. The topological polar surface area (TPSA) is 111 Å². The van der Waals surface area contributed by atoms with E-state index in [2.05, 4.69) is 10.6 Å². The van der Waals surface area contributed by atoms with Gasteiger partial charge in [-0.05, 0) is 73.6 Å². The Balaban J connectivity index is 1.72. The van der Waals surface area contributed by atoms with Crippen LogP contribution in [0.5, 0.6) is 5.75 Å². The van der Waals surface area contributed by atoms with Gasteiger partial charge >= 0.3 is 12.0 Å². The summed E-state index contributed by atoms with van der Waals surface area (Å²) in [6, 6.07) is 10.6. The summed E-state index contributed by atoms with van der Waals surface area (Å²) in [7, 11) is -2.62. The van der Waals surface area contributed by atoms with Crippen LogP contribution >= 0.6 is 0 Å². The van der Waals surface area contributed by atoms with Crippen LogP contribution in [0.1, 0.15) is 42.5 Å². The van der Waals surface area contributed by atoms with Crippen molar-refractivity contribution in [2.75, 3.05) is 19.5 Å². The van der Waals surface area contributed by atoms with E-state index in [4.69, 9.17) is 9.47 Å². The standard InChI is InChI=1S/C25H28N2O6S/c1-3-33-19-11-8-17(9-12-19)23-22(24(28)32-2)21(26-25(29)27-23)15-34(30,31)20-13-10-16-6-4-5-7-18(16)14-20/h8-14,23H,3-7,15H2,1-2H3,(H2,26,27,29). The van der Waals surface area contributed by atoms with Gasteiger partial charge in [0.2, 0.25) is 0 Å². The fourth-order valence-electron chi connectivity index (χ4n) is 4.43. The van der Waals surface area contributed by atoms with Gasteiger partial charge in [0, 0.05) is 5.70 Å². The van der Waals surface area contributed by atoms with E-state index in [0.717, 1.165) is 31.2 Å². The van der Waals surface area contributed by atoms with Crippen molar-refractivity contribution >= 4 is 21.8 Å². The molecule has 2 aliphatic rings. The third-order valence-electron chi connectivity index (χ3n) is 6.10. The molecule has 9 heteroatoms. The highest BCUT2D eigenvalue weighted by molar-refractivity contribution is 7.91. The summed E-state index contributed by atoms with van der Waals surface area (Å²) in [5.41, 5.74) is 2.86. The molecule has 2 aromatic carbocycles. The van der Waals surface area contributed by atoms with Crippen molar-refractivity contribution in [1.82, 2.24) is 10.6 Å². The Morgan fingerprint density at radius 2 is 1.76 bits per heavy atom. The van der Waals surface area contributed by atoms with Gasteiger partial charge in [0.15, 0.2) is 9.84 Å². The number of aryl methyl sites for hydroxylation is 2. The van der Waals surface area contributed by atoms with Gasteiger partial charge in [0.1, 0.15) is 5.75 Å². The van der Waals surface area contributed by atoms with Gasteiger partial charge in [0.05, 0.1) is 36.0 Å². The Labute approximate surface area is 199 Å². The molecule has 1 aliphatic heterocycles. The van der Waals surface area contributed by atoms with Gasteiger partial charge in [-0.1, -0.05) is 18.2 Å². The van der Waals surface area contributed by atoms with E-state index in [9.17, 15) is 18.0 Å². The molecule has 2 aromatic rings. The van der Waals surface area contributed by atoms with Crippen LogP contribution in [0.2, 0.25) is 0 Å². The summed E-state index contributed by atoms with van der Waals surface area (Å²) >= 11 is 0. The number of sulfone groups is 1. The van der Waals surface area contributed by atoms with Gasteiger partial charge in [-0.25, -0.2) is 18.0 Å². The second-order valence-electron chi connectivity index (χ2n) is 8.31. The van der Waals surface area contributed by atoms with E-state index in [1.165, 1.54) is 12.7 Å². The second-order valence-corrected chi connectivity index (χ2v) is 10.3. The predicted octanol–water partition coefficient (Wildman–Crippen LogP) is 3.22. The Morgan fingerprint density at radius 1 is 1.06 bits per heavy atom. The summed E-state index contributed by atoms with van der Waals surface area (Å²) < 4.78 is 37.1. The minimum absolute atomic E-state index is 0.00667. The Kier molecular flexibility index (Phi) is 6.92. The van der Waals surface area contributed by atoms with Crippen LogP contribution in [-0.2, 0) is 32.2 Å². The molecule has 180 valence electrons. The normalized spacial score (nSPS) is 17.9. The molecule has 4 rings (SSSR count). The van der Waals surface area contributed by atoms with Crippen LogP contribution in [0.25, 0.3) is 0 Å². The first kappa shape index (κ1) is 23.8. The highest BCUT2D eigenvalue weighted by Gasteiger charge is 2.35. The quantitative estimate of drug-likeness (QED) is 0.584. The van der Waals surface area contributed by atoms with E-state index < -0.39 is 33.6 Å². The monoisotopic (exact) mass is 484 g/mol. The number of urea groups is 1. The van der Waals surface area contributed by atoms with Crippen molar-refractivity contribution in [1.29, 1.82) is 0 Å². The summed E-state index contributed by atoms with van der Waals surface area (Å²) in [5.74, 6) is -0.607. The van der Waals surface area contributed by atoms with Crippen molar-refractivity contribution in [3.63, 3.8) is 0 Å². The van der Waals surface area contributed by atoms with Crippen LogP contribution in [0.3, 0.4) is 0 Å². The van der Waals surface area contributed by atoms with Crippen molar-refractivity contribution in [3.8, 4) is 5.75 Å². The third kappa shape index (κ3) is 4.94. The Bertz CT molecular complexity index is 1230. The lowest BCUT2D eigenvalue weighted by atomic mass is 9.92. The number of carbonyl (C=O) groups excluding carboxylic acids is 2. The predicted molar refractivity (Wildman–Crippen MR) is 126 cm³/mol. The molecule has 1 aliphatic carbocycles. The molecule has 2 N–H and O–H groups in total. The van der Waals surface area contributed by atoms with Gasteiger partial charge in [-0.2, -0.15) is 0 Å². The lowest BCUT2D eigenvalue weighted by Gasteiger charge is -2.29. The Hall–Kier alpha value is -3.33. The fraction of sp³-hybridized carbons (Fsp3) is 0.360. The lowest BCUT2D eigenvalue weighted by Crippen LogP contribution is -2.47. The molecular formula is C25H28N2O6S. The summed E-state index contributed by atoms with van der Waals surface area (Å²) in [4.78, 5) is 25.4. The summed E-state index contributed by atoms with van der Waals surface area (Å²) in [5, 5.41) is 5.23. The van der Waals surface area contributed by atoms with Crippen molar-refractivity contribution in [2.45, 2.75) is 43.5 Å². The number of rotatable bonds is 7. The number of hydrogen-bond donors (Lipinski definition) is 2. The molecule has 1 unspecified atom stereocenters. The third-order valence-corrected chi connectivity index (χ3v) is 7.74. The number of ether oxygens (including phenoxy) is 2. The average molecular weight is 485 g/mol. The molecular weight excluding hydrogens is 456 g/mol. The van der Waals surface area contributed by atoms with Crippen molar-refractivity contribution in [2.24, 2.45) is 0 Å². The number of nitrogens with one attached hydrogen (secondary N) is 2. The van der Waals surface area contributed by atoms with Gasteiger partial charge < -0.3 is 20.1 Å². The summed E-state index contributed by atoms with van der Waals surface area (Å²) in [6.07, 6.45) is 3.91. The molecule has 0 aromatic heterocycles. The zero-order chi connectivity index (χ0) is 24.3. The zero-order valence-electron chi connectivity index (χ0n) is 19.2. The van der Waals surface area contributed by atoms with Gasteiger partial charge in [-0.15, -0.1) is 0 Å². The first-order chi connectivity index (χ1) is 16.3. The van der Waals surface area contributed by atoms with E-state index >= 15 is 0 Å². The molecule has 0 spiro atoms. The van der Waals surface area contributed by atoms with Crippen LogP contribution in [-0.4, -0.2) is 39.9 Å². The minimum atomic E-state index is -3.84. The van der Waals surface area contributed by atoms with Crippen LogP contribution in [0.15, 0.2) is 58.6 Å². The molecule has 8 nitrogen and oxygen atoms in total. The van der Waals surface area contributed by atoms with Crippen LogP contribution in [0.4, 0.5) is 4.79 Å². The van der Waals surface area contributed by atoms with E-state index in [1.807, 2.05) is 13.0 Å².